The average molecular weight is 354 g/mol. The van der Waals surface area contributed by atoms with Gasteiger partial charge in [0.1, 0.15) is 5.75 Å². The van der Waals surface area contributed by atoms with Crippen LogP contribution in [0.2, 0.25) is 0 Å². The number of likely N-dealkylation sites (N-methyl/N-ethyl adjacent to an activating group) is 1. The summed E-state index contributed by atoms with van der Waals surface area (Å²) in [5.41, 5.74) is 0. The van der Waals surface area contributed by atoms with Crippen molar-refractivity contribution >= 4 is 15.7 Å². The normalized spacial score (nSPS) is 12.7. The molecule has 24 heavy (non-hydrogen) atoms. The summed E-state index contributed by atoms with van der Waals surface area (Å²) in [6.45, 7) is 6.99. The largest absolute Gasteiger partial charge is 0.494 e. The van der Waals surface area contributed by atoms with Gasteiger partial charge in [-0.2, -0.15) is 0 Å². The van der Waals surface area contributed by atoms with Crippen molar-refractivity contribution in [3.8, 4) is 5.75 Å². The van der Waals surface area contributed by atoms with Gasteiger partial charge in [-0.15, -0.1) is 6.58 Å². The summed E-state index contributed by atoms with van der Waals surface area (Å²) in [4.78, 5) is 14.0. The van der Waals surface area contributed by atoms with Gasteiger partial charge in [-0.1, -0.05) is 12.1 Å². The summed E-state index contributed by atoms with van der Waals surface area (Å²) < 4.78 is 28.6. The Hall–Kier alpha value is -1.86. The van der Waals surface area contributed by atoms with Crippen molar-refractivity contribution < 1.29 is 17.9 Å². The summed E-state index contributed by atoms with van der Waals surface area (Å²) in [6.07, 6.45) is 3.53. The summed E-state index contributed by atoms with van der Waals surface area (Å²) >= 11 is 0. The number of sulfone groups is 1. The van der Waals surface area contributed by atoms with E-state index in [0.717, 1.165) is 6.42 Å². The molecule has 1 unspecified atom stereocenters. The Morgan fingerprint density at radius 2 is 2.17 bits per heavy atom. The second kappa shape index (κ2) is 9.44. The van der Waals surface area contributed by atoms with Crippen LogP contribution in [0.25, 0.3) is 0 Å². The third-order valence-electron chi connectivity index (χ3n) is 3.62. The van der Waals surface area contributed by atoms with Gasteiger partial charge < -0.3 is 10.1 Å². The second-order valence-electron chi connectivity index (χ2n) is 5.64. The molecule has 6 nitrogen and oxygen atoms in total. The van der Waals surface area contributed by atoms with Crippen LogP contribution in [0, 0.1) is 0 Å². The number of hydrogen-bond acceptors (Lipinski definition) is 5. The first-order valence-electron chi connectivity index (χ1n) is 7.77. The fraction of sp³-hybridized carbons (Fsp3) is 0.471. The Morgan fingerprint density at radius 1 is 1.46 bits per heavy atom. The first kappa shape index (κ1) is 20.2. The zero-order chi connectivity index (χ0) is 18.2. The number of nitrogens with one attached hydrogen (secondary N) is 1. The van der Waals surface area contributed by atoms with Gasteiger partial charge in [-0.05, 0) is 38.6 Å². The highest BCUT2D eigenvalue weighted by Crippen LogP contribution is 2.17. The van der Waals surface area contributed by atoms with Gasteiger partial charge in [-0.25, -0.2) is 8.42 Å². The van der Waals surface area contributed by atoms with Crippen LogP contribution in [0.3, 0.4) is 0 Å². The molecule has 0 saturated carbocycles. The van der Waals surface area contributed by atoms with Gasteiger partial charge in [0, 0.05) is 19.3 Å². The number of nitrogens with zero attached hydrogens (tertiary/aromatic N) is 1. The SMILES string of the molecule is C=CCNC(=O)C(C)N(C)CCCOc1cccc(S(C)(=O)=O)c1. The molecule has 0 aliphatic rings. The molecule has 0 radical (unpaired) electrons. The lowest BCUT2D eigenvalue weighted by Gasteiger charge is -2.23. The Labute approximate surface area is 144 Å². The maximum atomic E-state index is 11.8. The molecule has 0 saturated heterocycles. The van der Waals surface area contributed by atoms with E-state index in [-0.39, 0.29) is 16.8 Å². The van der Waals surface area contributed by atoms with Gasteiger partial charge in [0.25, 0.3) is 0 Å². The van der Waals surface area contributed by atoms with Crippen LogP contribution in [-0.2, 0) is 14.6 Å². The molecule has 134 valence electrons. The van der Waals surface area contributed by atoms with Crippen LogP contribution < -0.4 is 10.1 Å². The summed E-state index contributed by atoms with van der Waals surface area (Å²) in [5.74, 6) is 0.483. The standard InChI is InChI=1S/C17H26N2O4S/c1-5-10-18-17(20)14(2)19(3)11-7-12-23-15-8-6-9-16(13-15)24(4,21)22/h5-6,8-9,13-14H,1,7,10-12H2,2-4H3,(H,18,20). The molecular formula is C17H26N2O4S. The minimum Gasteiger partial charge on any atom is -0.494 e. The van der Waals surface area contributed by atoms with Crippen LogP contribution in [0.5, 0.6) is 5.75 Å². The molecule has 1 amide bonds. The maximum Gasteiger partial charge on any atom is 0.237 e. The van der Waals surface area contributed by atoms with Crippen LogP contribution in [0.15, 0.2) is 41.8 Å². The Bertz CT molecular complexity index is 658. The first-order valence-corrected chi connectivity index (χ1v) is 9.66. The Kier molecular flexibility index (Phi) is 7.94. The lowest BCUT2D eigenvalue weighted by atomic mass is 10.2. The van der Waals surface area contributed by atoms with Crippen molar-refractivity contribution in [3.63, 3.8) is 0 Å². The molecule has 0 bridgehead atoms. The van der Waals surface area contributed by atoms with Crippen molar-refractivity contribution in [1.29, 1.82) is 0 Å². The summed E-state index contributed by atoms with van der Waals surface area (Å²) in [5, 5.41) is 2.76. The van der Waals surface area contributed by atoms with Gasteiger partial charge in [0.05, 0.1) is 17.5 Å². The lowest BCUT2D eigenvalue weighted by Crippen LogP contribution is -2.43. The number of ether oxygens (including phenoxy) is 1. The van der Waals surface area contributed by atoms with Gasteiger partial charge in [-0.3, -0.25) is 9.69 Å². The number of amides is 1. The van der Waals surface area contributed by atoms with E-state index in [4.69, 9.17) is 4.74 Å². The molecule has 0 aliphatic carbocycles. The number of rotatable bonds is 10. The van der Waals surface area contributed by atoms with E-state index in [1.165, 1.54) is 12.3 Å². The summed E-state index contributed by atoms with van der Waals surface area (Å²) in [6, 6.07) is 6.20. The first-order chi connectivity index (χ1) is 11.3. The van der Waals surface area contributed by atoms with Gasteiger partial charge in [0.15, 0.2) is 9.84 Å². The van der Waals surface area contributed by atoms with E-state index in [9.17, 15) is 13.2 Å². The fourth-order valence-corrected chi connectivity index (χ4v) is 2.67. The smallest absolute Gasteiger partial charge is 0.237 e. The van der Waals surface area contributed by atoms with Crippen LogP contribution >= 0.6 is 0 Å². The Balaban J connectivity index is 2.40. The third kappa shape index (κ3) is 6.72. The molecule has 1 N–H and O–H groups in total. The van der Waals surface area contributed by atoms with Crippen molar-refractivity contribution in [2.75, 3.05) is 33.0 Å². The zero-order valence-corrected chi connectivity index (χ0v) is 15.3. The van der Waals surface area contributed by atoms with Crippen LogP contribution in [0.1, 0.15) is 13.3 Å². The molecule has 0 aromatic heterocycles. The molecule has 0 aliphatic heterocycles. The molecule has 1 rings (SSSR count). The zero-order valence-electron chi connectivity index (χ0n) is 14.5. The molecule has 1 aromatic rings. The molecule has 0 fully saturated rings. The highest BCUT2D eigenvalue weighted by Gasteiger charge is 2.16. The second-order valence-corrected chi connectivity index (χ2v) is 7.66. The summed E-state index contributed by atoms with van der Waals surface area (Å²) in [7, 11) is -1.36. The molecular weight excluding hydrogens is 328 g/mol. The van der Waals surface area contributed by atoms with E-state index in [1.54, 1.807) is 24.3 Å². The molecule has 0 spiro atoms. The quantitative estimate of drug-likeness (QED) is 0.509. The predicted octanol–water partition coefficient (Wildman–Crippen LogP) is 1.48. The maximum absolute atomic E-state index is 11.8. The van der Waals surface area contributed by atoms with E-state index in [0.29, 0.717) is 25.4 Å². The monoisotopic (exact) mass is 354 g/mol. The third-order valence-corrected chi connectivity index (χ3v) is 4.73. The molecule has 1 aromatic carbocycles. The van der Waals surface area contributed by atoms with Crippen LogP contribution in [0.4, 0.5) is 0 Å². The average Bonchev–Trinajstić information content (AvgIpc) is 2.55. The fourth-order valence-electron chi connectivity index (χ4n) is 2.01. The lowest BCUT2D eigenvalue weighted by molar-refractivity contribution is -0.125. The number of carbonyl (C=O) groups excluding carboxylic acids is 1. The highest BCUT2D eigenvalue weighted by molar-refractivity contribution is 7.90. The molecule has 1 atom stereocenters. The van der Waals surface area contributed by atoms with E-state index in [1.807, 2.05) is 18.9 Å². The predicted molar refractivity (Wildman–Crippen MR) is 95.0 cm³/mol. The minimum absolute atomic E-state index is 0.0424. The Morgan fingerprint density at radius 3 is 2.79 bits per heavy atom. The molecule has 7 heteroatoms. The van der Waals surface area contributed by atoms with Crippen molar-refractivity contribution in [3.05, 3.63) is 36.9 Å². The highest BCUT2D eigenvalue weighted by atomic mass is 32.2. The van der Waals surface area contributed by atoms with Gasteiger partial charge in [0.2, 0.25) is 5.91 Å². The topological polar surface area (TPSA) is 75.7 Å². The molecule has 0 heterocycles. The van der Waals surface area contributed by atoms with Crippen molar-refractivity contribution in [2.24, 2.45) is 0 Å². The minimum atomic E-state index is -3.24. The van der Waals surface area contributed by atoms with Crippen molar-refractivity contribution in [1.82, 2.24) is 10.2 Å². The van der Waals surface area contributed by atoms with Gasteiger partial charge >= 0.3 is 0 Å². The van der Waals surface area contributed by atoms with E-state index < -0.39 is 9.84 Å². The van der Waals surface area contributed by atoms with E-state index in [2.05, 4.69) is 11.9 Å². The van der Waals surface area contributed by atoms with Crippen molar-refractivity contribution in [2.45, 2.75) is 24.3 Å². The van der Waals surface area contributed by atoms with Crippen LogP contribution in [-0.4, -0.2) is 58.3 Å². The van der Waals surface area contributed by atoms with E-state index >= 15 is 0 Å². The number of carbonyl (C=O) groups is 1. The number of benzene rings is 1. The number of hydrogen-bond donors (Lipinski definition) is 1.